The van der Waals surface area contributed by atoms with E-state index in [-0.39, 0.29) is 22.8 Å². The molecule has 0 aliphatic rings. The SMILES string of the molecule is CCOC(=O)c1ccc(OCC)c(S(N)(=O)=O)c1. The molecule has 7 heteroatoms. The molecule has 1 aromatic rings. The van der Waals surface area contributed by atoms with Gasteiger partial charge in [-0.2, -0.15) is 0 Å². The summed E-state index contributed by atoms with van der Waals surface area (Å²) in [7, 11) is -3.96. The van der Waals surface area contributed by atoms with Gasteiger partial charge in [0.25, 0.3) is 0 Å². The second-order valence-electron chi connectivity index (χ2n) is 3.36. The summed E-state index contributed by atoms with van der Waals surface area (Å²) in [5, 5.41) is 5.07. The number of hydrogen-bond acceptors (Lipinski definition) is 5. The van der Waals surface area contributed by atoms with Crippen molar-refractivity contribution in [2.45, 2.75) is 18.7 Å². The highest BCUT2D eigenvalue weighted by molar-refractivity contribution is 7.89. The lowest BCUT2D eigenvalue weighted by Gasteiger charge is -2.10. The third-order valence-electron chi connectivity index (χ3n) is 2.06. The number of rotatable bonds is 5. The van der Waals surface area contributed by atoms with Crippen LogP contribution in [-0.4, -0.2) is 27.6 Å². The average molecular weight is 273 g/mol. The molecule has 0 saturated carbocycles. The van der Waals surface area contributed by atoms with Gasteiger partial charge in [-0.3, -0.25) is 0 Å². The zero-order valence-corrected chi connectivity index (χ0v) is 11.0. The Hall–Kier alpha value is -1.60. The molecule has 0 amide bonds. The van der Waals surface area contributed by atoms with E-state index in [9.17, 15) is 13.2 Å². The highest BCUT2D eigenvalue weighted by Gasteiger charge is 2.18. The summed E-state index contributed by atoms with van der Waals surface area (Å²) in [6, 6.07) is 3.96. The molecule has 6 nitrogen and oxygen atoms in total. The largest absolute Gasteiger partial charge is 0.492 e. The number of esters is 1. The number of primary sulfonamides is 1. The predicted molar refractivity (Wildman–Crippen MR) is 64.9 cm³/mol. The number of ether oxygens (including phenoxy) is 2. The van der Waals surface area contributed by atoms with Crippen molar-refractivity contribution < 1.29 is 22.7 Å². The van der Waals surface area contributed by atoms with E-state index in [0.717, 1.165) is 6.07 Å². The van der Waals surface area contributed by atoms with Gasteiger partial charge >= 0.3 is 5.97 Å². The van der Waals surface area contributed by atoms with Crippen LogP contribution in [0.3, 0.4) is 0 Å². The van der Waals surface area contributed by atoms with E-state index in [2.05, 4.69) is 0 Å². The maximum atomic E-state index is 11.5. The third kappa shape index (κ3) is 3.44. The van der Waals surface area contributed by atoms with Gasteiger partial charge < -0.3 is 9.47 Å². The number of carbonyl (C=O) groups excluding carboxylic acids is 1. The molecule has 0 heterocycles. The normalized spacial score (nSPS) is 11.1. The predicted octanol–water partition coefficient (Wildman–Crippen LogP) is 0.909. The summed E-state index contributed by atoms with van der Waals surface area (Å²) in [5.74, 6) is -0.488. The molecule has 0 saturated heterocycles. The van der Waals surface area contributed by atoms with Crippen LogP contribution in [0.2, 0.25) is 0 Å². The molecule has 0 spiro atoms. The van der Waals surface area contributed by atoms with Crippen molar-refractivity contribution in [3.8, 4) is 5.75 Å². The first-order chi connectivity index (χ1) is 8.40. The minimum atomic E-state index is -3.96. The van der Waals surface area contributed by atoms with Gasteiger partial charge in [-0.15, -0.1) is 0 Å². The second kappa shape index (κ2) is 5.83. The molecule has 0 unspecified atom stereocenters. The van der Waals surface area contributed by atoms with E-state index in [1.165, 1.54) is 12.1 Å². The van der Waals surface area contributed by atoms with E-state index < -0.39 is 16.0 Å². The topological polar surface area (TPSA) is 95.7 Å². The van der Waals surface area contributed by atoms with Crippen LogP contribution in [0.1, 0.15) is 24.2 Å². The van der Waals surface area contributed by atoms with Crippen LogP contribution >= 0.6 is 0 Å². The first-order valence-electron chi connectivity index (χ1n) is 5.37. The maximum absolute atomic E-state index is 11.5. The van der Waals surface area contributed by atoms with Crippen LogP contribution in [0.4, 0.5) is 0 Å². The van der Waals surface area contributed by atoms with E-state index in [1.807, 2.05) is 0 Å². The molecule has 0 aromatic heterocycles. The molecule has 1 aromatic carbocycles. The van der Waals surface area contributed by atoms with Crippen molar-refractivity contribution in [1.29, 1.82) is 0 Å². The molecule has 0 aliphatic heterocycles. The van der Waals surface area contributed by atoms with Crippen molar-refractivity contribution in [3.63, 3.8) is 0 Å². The van der Waals surface area contributed by atoms with Crippen LogP contribution in [0.5, 0.6) is 5.75 Å². The number of carbonyl (C=O) groups is 1. The molecule has 0 bridgehead atoms. The minimum absolute atomic E-state index is 0.115. The highest BCUT2D eigenvalue weighted by atomic mass is 32.2. The molecule has 0 fully saturated rings. The van der Waals surface area contributed by atoms with Gasteiger partial charge in [-0.1, -0.05) is 0 Å². The van der Waals surface area contributed by atoms with Crippen LogP contribution < -0.4 is 9.88 Å². The van der Waals surface area contributed by atoms with Crippen LogP contribution in [0.25, 0.3) is 0 Å². The number of nitrogens with two attached hydrogens (primary N) is 1. The van der Waals surface area contributed by atoms with Crippen molar-refractivity contribution in [2.24, 2.45) is 5.14 Å². The lowest BCUT2D eigenvalue weighted by atomic mass is 10.2. The lowest BCUT2D eigenvalue weighted by molar-refractivity contribution is 0.0526. The molecule has 100 valence electrons. The van der Waals surface area contributed by atoms with E-state index in [0.29, 0.717) is 6.61 Å². The van der Waals surface area contributed by atoms with Crippen molar-refractivity contribution in [1.82, 2.24) is 0 Å². The Morgan fingerprint density at radius 1 is 1.28 bits per heavy atom. The lowest BCUT2D eigenvalue weighted by Crippen LogP contribution is -2.15. The molecular formula is C11H15NO5S. The smallest absolute Gasteiger partial charge is 0.338 e. The molecule has 1 rings (SSSR count). The monoisotopic (exact) mass is 273 g/mol. The third-order valence-corrected chi connectivity index (χ3v) is 2.99. The van der Waals surface area contributed by atoms with Crippen molar-refractivity contribution in [2.75, 3.05) is 13.2 Å². The summed E-state index contributed by atoms with van der Waals surface area (Å²) in [5.41, 5.74) is 0.115. The van der Waals surface area contributed by atoms with E-state index in [4.69, 9.17) is 14.6 Å². The van der Waals surface area contributed by atoms with Gasteiger partial charge in [0.1, 0.15) is 10.6 Å². The molecular weight excluding hydrogens is 258 g/mol. The maximum Gasteiger partial charge on any atom is 0.338 e. The summed E-state index contributed by atoms with van der Waals surface area (Å²) in [6.07, 6.45) is 0. The molecule has 0 radical (unpaired) electrons. The fourth-order valence-corrected chi connectivity index (χ4v) is 2.05. The van der Waals surface area contributed by atoms with Gasteiger partial charge in [0.2, 0.25) is 10.0 Å². The second-order valence-corrected chi connectivity index (χ2v) is 4.89. The summed E-state index contributed by atoms with van der Waals surface area (Å²) in [6.45, 7) is 3.87. The Bertz CT molecular complexity index is 538. The Morgan fingerprint density at radius 2 is 1.94 bits per heavy atom. The highest BCUT2D eigenvalue weighted by Crippen LogP contribution is 2.24. The van der Waals surface area contributed by atoms with Gasteiger partial charge in [0, 0.05) is 0 Å². The van der Waals surface area contributed by atoms with Crippen molar-refractivity contribution >= 4 is 16.0 Å². The zero-order chi connectivity index (χ0) is 13.8. The van der Waals surface area contributed by atoms with Gasteiger partial charge in [-0.05, 0) is 32.0 Å². The van der Waals surface area contributed by atoms with Crippen LogP contribution in [-0.2, 0) is 14.8 Å². The molecule has 2 N–H and O–H groups in total. The fourth-order valence-electron chi connectivity index (χ4n) is 1.35. The fraction of sp³-hybridized carbons (Fsp3) is 0.364. The van der Waals surface area contributed by atoms with Gasteiger partial charge in [-0.25, -0.2) is 18.4 Å². The zero-order valence-electron chi connectivity index (χ0n) is 10.2. The summed E-state index contributed by atoms with van der Waals surface area (Å²) >= 11 is 0. The summed E-state index contributed by atoms with van der Waals surface area (Å²) in [4.78, 5) is 11.3. The average Bonchev–Trinajstić information content (AvgIpc) is 2.28. The molecule has 0 aliphatic carbocycles. The molecule has 0 atom stereocenters. The number of benzene rings is 1. The van der Waals surface area contributed by atoms with E-state index in [1.54, 1.807) is 13.8 Å². The number of hydrogen-bond donors (Lipinski definition) is 1. The van der Waals surface area contributed by atoms with E-state index >= 15 is 0 Å². The Labute approximate surface area is 106 Å². The Balaban J connectivity index is 3.26. The minimum Gasteiger partial charge on any atom is -0.492 e. The standard InChI is InChI=1S/C11H15NO5S/c1-3-16-9-6-5-8(11(13)17-4-2)7-10(9)18(12,14)15/h5-7H,3-4H2,1-2H3,(H2,12,14,15). The van der Waals surface area contributed by atoms with Crippen molar-refractivity contribution in [3.05, 3.63) is 23.8 Å². The first kappa shape index (κ1) is 14.5. The number of sulfonamides is 1. The first-order valence-corrected chi connectivity index (χ1v) is 6.91. The Kier molecular flexibility index (Phi) is 4.69. The summed E-state index contributed by atoms with van der Waals surface area (Å²) < 4.78 is 32.7. The van der Waals surface area contributed by atoms with Crippen LogP contribution in [0, 0.1) is 0 Å². The Morgan fingerprint density at radius 3 is 2.44 bits per heavy atom. The van der Waals surface area contributed by atoms with Crippen LogP contribution in [0.15, 0.2) is 23.1 Å². The quantitative estimate of drug-likeness (QED) is 0.804. The van der Waals surface area contributed by atoms with Gasteiger partial charge in [0.15, 0.2) is 0 Å². The molecule has 18 heavy (non-hydrogen) atoms. The van der Waals surface area contributed by atoms with Gasteiger partial charge in [0.05, 0.1) is 18.8 Å².